The maximum absolute atomic E-state index is 9.48. The monoisotopic (exact) mass is 454 g/mol. The van der Waals surface area contributed by atoms with Crippen molar-refractivity contribution in [2.45, 2.75) is 53.4 Å². The molecule has 24 heavy (non-hydrogen) atoms. The molecule has 0 heterocycles. The van der Waals surface area contributed by atoms with E-state index in [1.807, 2.05) is 0 Å². The fraction of sp³-hybridized carbons (Fsp3) is 0.667. The quantitative estimate of drug-likeness (QED) is 0.444. The molecule has 0 saturated carbocycles. The summed E-state index contributed by atoms with van der Waals surface area (Å²) in [7, 11) is 0. The van der Waals surface area contributed by atoms with Crippen LogP contribution in [0.2, 0.25) is 0 Å². The summed E-state index contributed by atoms with van der Waals surface area (Å²) >= 11 is 0. The Balaban J connectivity index is -0.0000000225. The molecular weight excluding hydrogens is 431 g/mol. The molecule has 0 spiro atoms. The van der Waals surface area contributed by atoms with Crippen LogP contribution in [0.25, 0.3) is 22.9 Å². The second kappa shape index (κ2) is 43.4. The van der Waals surface area contributed by atoms with E-state index in [4.69, 9.17) is 22.9 Å². The molecule has 0 bridgehead atoms. The predicted octanol–water partition coefficient (Wildman–Crippen LogP) is -2.10. The third-order valence-corrected chi connectivity index (χ3v) is 1.28. The van der Waals surface area contributed by atoms with E-state index in [9.17, 15) is 19.2 Å². The number of carbonyl (C=O) groups is 4. The molecule has 4 amide bonds. The maximum atomic E-state index is 9.48. The van der Waals surface area contributed by atoms with Crippen LogP contribution in [0.1, 0.15) is 53.4 Å². The minimum Gasteiger partial charge on any atom is -1.00 e. The molecule has 12 heteroatoms. The van der Waals surface area contributed by atoms with Gasteiger partial charge in [0.15, 0.2) is 0 Å². The van der Waals surface area contributed by atoms with Gasteiger partial charge in [-0.3, -0.25) is 0 Å². The minimum atomic E-state index is -0.495. The molecule has 8 nitrogen and oxygen atoms in total. The molecule has 4 N–H and O–H groups in total. The topological polar surface area (TPSA) is 163 Å². The van der Waals surface area contributed by atoms with Gasteiger partial charge in [0.05, 0.1) is 0 Å². The summed E-state index contributed by atoms with van der Waals surface area (Å²) < 4.78 is 0. The van der Waals surface area contributed by atoms with E-state index in [0.29, 0.717) is 25.7 Å². The van der Waals surface area contributed by atoms with Crippen molar-refractivity contribution in [3.05, 3.63) is 22.9 Å². The molecule has 0 saturated heterocycles. The molecule has 0 aliphatic rings. The van der Waals surface area contributed by atoms with Crippen molar-refractivity contribution in [3.63, 3.8) is 0 Å². The fourth-order valence-electron chi connectivity index (χ4n) is 0. The average Bonchev–Trinajstić information content (AvgIpc) is 2.40. The van der Waals surface area contributed by atoms with E-state index in [1.165, 1.54) is 0 Å². The first-order chi connectivity index (χ1) is 9.08. The Bertz CT molecular complexity index is 244. The zero-order valence-corrected chi connectivity index (χ0v) is 18.9. The van der Waals surface area contributed by atoms with Crippen LogP contribution in [-0.2, 0) is 62.6 Å². The molecule has 0 atom stereocenters. The van der Waals surface area contributed by atoms with Crippen molar-refractivity contribution in [1.29, 1.82) is 0 Å². The van der Waals surface area contributed by atoms with Crippen LogP contribution in [0.5, 0.6) is 0 Å². The first-order valence-electron chi connectivity index (χ1n) is 6.06. The van der Waals surface area contributed by atoms with E-state index in [1.54, 1.807) is 27.7 Å². The average molecular weight is 455 g/mol. The van der Waals surface area contributed by atoms with Crippen molar-refractivity contribution in [3.8, 4) is 0 Å². The van der Waals surface area contributed by atoms with Gasteiger partial charge < -0.3 is 66.9 Å². The van der Waals surface area contributed by atoms with E-state index in [-0.39, 0.29) is 68.2 Å². The van der Waals surface area contributed by atoms with Gasteiger partial charge in [-0.15, -0.1) is 0 Å². The van der Waals surface area contributed by atoms with Gasteiger partial charge in [0.1, 0.15) is 0 Å². The van der Waals surface area contributed by atoms with E-state index in [0.717, 1.165) is 0 Å². The van der Waals surface area contributed by atoms with Crippen LogP contribution >= 0.6 is 0 Å². The second-order valence-electron chi connectivity index (χ2n) is 3.11. The van der Waals surface area contributed by atoms with Crippen LogP contribution < -0.4 is 24.8 Å². The normalized spacial score (nSPS) is 6.17. The summed E-state index contributed by atoms with van der Waals surface area (Å²) in [4.78, 5) is 37.9. The van der Waals surface area contributed by atoms with Gasteiger partial charge in [0.25, 0.3) is 0 Å². The van der Waals surface area contributed by atoms with Gasteiger partial charge in [-0.05, 0) is 25.7 Å². The molecular formula is C12H24Cl2N4O4Ti2. The van der Waals surface area contributed by atoms with Crippen LogP contribution in [0.4, 0.5) is 0 Å². The third-order valence-electron chi connectivity index (χ3n) is 1.28. The summed E-state index contributed by atoms with van der Waals surface area (Å²) in [6, 6.07) is 0. The number of hydrogen-bond acceptors (Lipinski definition) is 4. The van der Waals surface area contributed by atoms with Gasteiger partial charge in [0.2, 0.25) is 0 Å². The first kappa shape index (κ1) is 49.6. The summed E-state index contributed by atoms with van der Waals surface area (Å²) in [6.45, 7) is 6.65. The first-order valence-corrected chi connectivity index (χ1v) is 6.06. The minimum absolute atomic E-state index is 0. The Morgan fingerprint density at radius 3 is 0.542 bits per heavy atom. The molecule has 0 unspecified atom stereocenters. The predicted molar refractivity (Wildman–Crippen MR) is 78.5 cm³/mol. The molecule has 0 aliphatic carbocycles. The van der Waals surface area contributed by atoms with Gasteiger partial charge in [-0.25, -0.2) is 0 Å². The van der Waals surface area contributed by atoms with Gasteiger partial charge in [-0.2, -0.15) is 0 Å². The van der Waals surface area contributed by atoms with Crippen molar-refractivity contribution >= 4 is 23.6 Å². The number of halogens is 2. The molecule has 0 aromatic rings. The van der Waals surface area contributed by atoms with Gasteiger partial charge in [0, 0.05) is 23.6 Å². The van der Waals surface area contributed by atoms with Crippen molar-refractivity contribution in [2.24, 2.45) is 0 Å². The number of carbonyl (C=O) groups excluding carboxylic acids is 4. The Morgan fingerprint density at radius 1 is 0.500 bits per heavy atom. The second-order valence-corrected chi connectivity index (χ2v) is 3.11. The van der Waals surface area contributed by atoms with Crippen LogP contribution in [-0.4, -0.2) is 23.6 Å². The molecule has 0 aliphatic heterocycles. The zero-order valence-electron chi connectivity index (χ0n) is 14.2. The van der Waals surface area contributed by atoms with Gasteiger partial charge in [-0.1, -0.05) is 27.7 Å². The fourth-order valence-corrected chi connectivity index (χ4v) is 0. The van der Waals surface area contributed by atoms with E-state index in [2.05, 4.69) is 0 Å². The summed E-state index contributed by atoms with van der Waals surface area (Å²) in [5.74, 6) is -1.98. The smallest absolute Gasteiger partial charge is 1.00 e. The Hall–Kier alpha value is -0.111. The maximum Gasteiger partial charge on any atom is 3.00 e. The van der Waals surface area contributed by atoms with E-state index >= 15 is 0 Å². The van der Waals surface area contributed by atoms with E-state index < -0.39 is 23.6 Å². The Morgan fingerprint density at radius 2 is 0.542 bits per heavy atom. The molecule has 0 aromatic carbocycles. The molecule has 2 radical (unpaired) electrons. The summed E-state index contributed by atoms with van der Waals surface area (Å²) in [5, 5.41) is 0. The Kier molecular flexibility index (Phi) is 89.7. The standard InChI is InChI=1S/4C3H7NO.2ClH.2Ti/c4*1-2-3(4)5;;;;/h4*2H2,1H3,(H2,4,5);2*1H;;/q;;;;;;2*+3/p-6. The van der Waals surface area contributed by atoms with Crippen molar-refractivity contribution in [2.75, 3.05) is 0 Å². The number of amides is 4. The summed E-state index contributed by atoms with van der Waals surface area (Å²) in [6.07, 6.45) is 1.33. The van der Waals surface area contributed by atoms with Crippen LogP contribution in [0.3, 0.4) is 0 Å². The third kappa shape index (κ3) is 153. The molecule has 0 fully saturated rings. The molecule has 138 valence electrons. The zero-order chi connectivity index (χ0) is 17.1. The largest absolute Gasteiger partial charge is 3.00 e. The van der Waals surface area contributed by atoms with Crippen molar-refractivity contribution in [1.82, 2.24) is 0 Å². The molecule has 0 rings (SSSR count). The van der Waals surface area contributed by atoms with Crippen molar-refractivity contribution < 1.29 is 87.4 Å². The summed E-state index contributed by atoms with van der Waals surface area (Å²) in [5.41, 5.74) is 24.8. The number of hydrogen-bond donors (Lipinski definition) is 0. The Labute approximate surface area is 186 Å². The SMILES string of the molecule is CCC([NH-])=O.CCC([NH-])=O.CCC([NH-])=O.CCC([NH-])=O.[Cl-].[Cl-].[Ti+3].[Ti+3]. The number of nitrogens with one attached hydrogen (secondary N) is 4. The molecule has 0 aromatic heterocycles. The van der Waals surface area contributed by atoms with Gasteiger partial charge >= 0.3 is 43.4 Å². The number of rotatable bonds is 4. The van der Waals surface area contributed by atoms with Crippen LogP contribution in [0, 0.1) is 0 Å². The van der Waals surface area contributed by atoms with Crippen LogP contribution in [0.15, 0.2) is 0 Å².